The SMILES string of the molecule is CN=C(NCCNC(=O)c1ccc(O)cc1)NCc1ccco1.I. The van der Waals surface area contributed by atoms with Gasteiger partial charge in [-0.2, -0.15) is 0 Å². The molecule has 0 aliphatic rings. The summed E-state index contributed by atoms with van der Waals surface area (Å²) in [7, 11) is 1.67. The molecule has 2 aromatic rings. The van der Waals surface area contributed by atoms with Crippen molar-refractivity contribution in [3.05, 3.63) is 54.0 Å². The molecule has 1 heterocycles. The summed E-state index contributed by atoms with van der Waals surface area (Å²) in [6.07, 6.45) is 1.62. The first kappa shape index (κ1) is 19.8. The molecule has 7 nitrogen and oxygen atoms in total. The Balaban J connectivity index is 0.00000288. The summed E-state index contributed by atoms with van der Waals surface area (Å²) in [6.45, 7) is 1.51. The smallest absolute Gasteiger partial charge is 0.251 e. The second-order valence-electron chi connectivity index (χ2n) is 4.73. The van der Waals surface area contributed by atoms with E-state index in [2.05, 4.69) is 20.9 Å². The highest BCUT2D eigenvalue weighted by Crippen LogP contribution is 2.09. The average Bonchev–Trinajstić information content (AvgIpc) is 3.08. The van der Waals surface area contributed by atoms with Crippen LogP contribution in [0.25, 0.3) is 0 Å². The molecule has 0 aliphatic heterocycles. The van der Waals surface area contributed by atoms with Gasteiger partial charge in [-0.05, 0) is 36.4 Å². The van der Waals surface area contributed by atoms with Crippen molar-refractivity contribution in [1.82, 2.24) is 16.0 Å². The van der Waals surface area contributed by atoms with Gasteiger partial charge >= 0.3 is 0 Å². The molecule has 0 aliphatic carbocycles. The molecule has 1 amide bonds. The zero-order chi connectivity index (χ0) is 16.5. The lowest BCUT2D eigenvalue weighted by atomic mass is 10.2. The topological polar surface area (TPSA) is 98.9 Å². The molecular weight excluding hydrogens is 423 g/mol. The van der Waals surface area contributed by atoms with Crippen molar-refractivity contribution in [3.8, 4) is 5.75 Å². The van der Waals surface area contributed by atoms with Crippen molar-refractivity contribution in [2.24, 2.45) is 4.99 Å². The number of aromatic hydroxyl groups is 1. The molecule has 0 bridgehead atoms. The summed E-state index contributed by atoms with van der Waals surface area (Å²) < 4.78 is 5.22. The fourth-order valence-electron chi connectivity index (χ4n) is 1.88. The van der Waals surface area contributed by atoms with Crippen molar-refractivity contribution < 1.29 is 14.3 Å². The van der Waals surface area contributed by atoms with Gasteiger partial charge in [0.1, 0.15) is 11.5 Å². The number of rotatable bonds is 6. The highest BCUT2D eigenvalue weighted by molar-refractivity contribution is 14.0. The van der Waals surface area contributed by atoms with Crippen molar-refractivity contribution in [3.63, 3.8) is 0 Å². The van der Waals surface area contributed by atoms with Gasteiger partial charge in [-0.25, -0.2) is 0 Å². The maximum atomic E-state index is 11.9. The van der Waals surface area contributed by atoms with Crippen LogP contribution in [-0.2, 0) is 6.54 Å². The Labute approximate surface area is 157 Å². The molecule has 0 unspecified atom stereocenters. The van der Waals surface area contributed by atoms with E-state index in [0.717, 1.165) is 5.76 Å². The van der Waals surface area contributed by atoms with Gasteiger partial charge in [0, 0.05) is 25.7 Å². The molecule has 0 saturated carbocycles. The highest BCUT2D eigenvalue weighted by Gasteiger charge is 2.04. The minimum absolute atomic E-state index is 0. The van der Waals surface area contributed by atoms with Gasteiger partial charge in [-0.3, -0.25) is 9.79 Å². The highest BCUT2D eigenvalue weighted by atomic mass is 127. The number of benzene rings is 1. The van der Waals surface area contributed by atoms with E-state index >= 15 is 0 Å². The quantitative estimate of drug-likeness (QED) is 0.235. The van der Waals surface area contributed by atoms with Crippen LogP contribution in [0.2, 0.25) is 0 Å². The lowest BCUT2D eigenvalue weighted by molar-refractivity contribution is 0.0954. The second kappa shape index (κ2) is 10.5. The minimum atomic E-state index is -0.190. The Bertz CT molecular complexity index is 642. The number of halogens is 1. The van der Waals surface area contributed by atoms with E-state index in [-0.39, 0.29) is 35.6 Å². The lowest BCUT2D eigenvalue weighted by Gasteiger charge is -2.11. The van der Waals surface area contributed by atoms with Crippen LogP contribution in [0, 0.1) is 0 Å². The summed E-state index contributed by atoms with van der Waals surface area (Å²) in [6, 6.07) is 9.80. The second-order valence-corrected chi connectivity index (χ2v) is 4.73. The van der Waals surface area contributed by atoms with Crippen LogP contribution in [0.1, 0.15) is 16.1 Å². The van der Waals surface area contributed by atoms with E-state index in [9.17, 15) is 9.90 Å². The number of carbonyl (C=O) groups is 1. The third kappa shape index (κ3) is 6.49. The van der Waals surface area contributed by atoms with E-state index in [1.807, 2.05) is 12.1 Å². The fraction of sp³-hybridized carbons (Fsp3) is 0.250. The van der Waals surface area contributed by atoms with Crippen LogP contribution in [-0.4, -0.2) is 37.1 Å². The first-order valence-electron chi connectivity index (χ1n) is 7.23. The molecule has 24 heavy (non-hydrogen) atoms. The maximum Gasteiger partial charge on any atom is 0.251 e. The number of carbonyl (C=O) groups excluding carboxylic acids is 1. The molecular formula is C16H21IN4O3. The van der Waals surface area contributed by atoms with Crippen LogP contribution in [0.3, 0.4) is 0 Å². The van der Waals surface area contributed by atoms with E-state index in [0.29, 0.717) is 31.2 Å². The standard InChI is InChI=1S/C16H20N4O3.HI/c1-17-16(20-11-14-3-2-10-23-14)19-9-8-18-15(22)12-4-6-13(21)7-5-12;/h2-7,10,21H,8-9,11H2,1H3,(H,18,22)(H2,17,19,20);1H. The molecule has 0 radical (unpaired) electrons. The molecule has 0 fully saturated rings. The number of amides is 1. The van der Waals surface area contributed by atoms with E-state index in [4.69, 9.17) is 4.42 Å². The van der Waals surface area contributed by atoms with Crippen LogP contribution >= 0.6 is 24.0 Å². The Morgan fingerprint density at radius 2 is 1.83 bits per heavy atom. The number of nitrogens with zero attached hydrogens (tertiary/aromatic N) is 1. The number of hydrogen-bond acceptors (Lipinski definition) is 4. The first-order valence-corrected chi connectivity index (χ1v) is 7.23. The zero-order valence-electron chi connectivity index (χ0n) is 13.3. The number of phenols is 1. The number of guanidine groups is 1. The van der Waals surface area contributed by atoms with Gasteiger partial charge in [0.25, 0.3) is 5.91 Å². The number of phenolic OH excluding ortho intramolecular Hbond substituents is 1. The summed E-state index contributed by atoms with van der Waals surface area (Å²) in [5.41, 5.74) is 0.503. The van der Waals surface area contributed by atoms with Crippen molar-refractivity contribution in [1.29, 1.82) is 0 Å². The Morgan fingerprint density at radius 3 is 2.46 bits per heavy atom. The van der Waals surface area contributed by atoms with E-state index < -0.39 is 0 Å². The number of furan rings is 1. The summed E-state index contributed by atoms with van der Waals surface area (Å²) >= 11 is 0. The monoisotopic (exact) mass is 444 g/mol. The minimum Gasteiger partial charge on any atom is -0.508 e. The molecule has 8 heteroatoms. The van der Waals surface area contributed by atoms with Gasteiger partial charge in [0.2, 0.25) is 0 Å². The molecule has 1 aromatic heterocycles. The van der Waals surface area contributed by atoms with Crippen LogP contribution in [0.4, 0.5) is 0 Å². The molecule has 4 N–H and O–H groups in total. The summed E-state index contributed by atoms with van der Waals surface area (Å²) in [4.78, 5) is 16.0. The van der Waals surface area contributed by atoms with E-state index in [1.54, 1.807) is 25.4 Å². The Hall–Kier alpha value is -2.23. The van der Waals surface area contributed by atoms with Crippen molar-refractivity contribution in [2.75, 3.05) is 20.1 Å². The van der Waals surface area contributed by atoms with Gasteiger partial charge in [-0.15, -0.1) is 24.0 Å². The van der Waals surface area contributed by atoms with Gasteiger partial charge in [0.05, 0.1) is 12.8 Å². The summed E-state index contributed by atoms with van der Waals surface area (Å²) in [5.74, 6) is 1.38. The van der Waals surface area contributed by atoms with Gasteiger partial charge < -0.3 is 25.5 Å². The molecule has 0 saturated heterocycles. The van der Waals surface area contributed by atoms with Crippen molar-refractivity contribution in [2.45, 2.75) is 6.54 Å². The van der Waals surface area contributed by atoms with Crippen LogP contribution in [0.5, 0.6) is 5.75 Å². The zero-order valence-corrected chi connectivity index (χ0v) is 15.6. The maximum absolute atomic E-state index is 11.9. The number of hydrogen-bond donors (Lipinski definition) is 4. The third-order valence-electron chi connectivity index (χ3n) is 3.07. The molecule has 130 valence electrons. The molecule has 2 rings (SSSR count). The molecule has 0 spiro atoms. The normalized spacial score (nSPS) is 10.6. The lowest BCUT2D eigenvalue weighted by Crippen LogP contribution is -2.41. The molecule has 0 atom stereocenters. The number of nitrogens with one attached hydrogen (secondary N) is 3. The van der Waals surface area contributed by atoms with Crippen molar-refractivity contribution >= 4 is 35.8 Å². The largest absolute Gasteiger partial charge is 0.508 e. The predicted octanol–water partition coefficient (Wildman–Crippen LogP) is 1.70. The average molecular weight is 444 g/mol. The predicted molar refractivity (Wildman–Crippen MR) is 103 cm³/mol. The summed E-state index contributed by atoms with van der Waals surface area (Å²) in [5, 5.41) is 18.2. The van der Waals surface area contributed by atoms with Crippen LogP contribution < -0.4 is 16.0 Å². The first-order chi connectivity index (χ1) is 11.2. The molecule has 1 aromatic carbocycles. The Kier molecular flexibility index (Phi) is 8.69. The third-order valence-corrected chi connectivity index (χ3v) is 3.07. The fourth-order valence-corrected chi connectivity index (χ4v) is 1.88. The van der Waals surface area contributed by atoms with Gasteiger partial charge in [0.15, 0.2) is 5.96 Å². The van der Waals surface area contributed by atoms with Gasteiger partial charge in [-0.1, -0.05) is 0 Å². The number of aliphatic imine (C=N–C) groups is 1. The van der Waals surface area contributed by atoms with E-state index in [1.165, 1.54) is 12.1 Å². The van der Waals surface area contributed by atoms with Crippen LogP contribution in [0.15, 0.2) is 52.1 Å². The Morgan fingerprint density at radius 1 is 1.12 bits per heavy atom.